The molecule has 1 atom stereocenters. The van der Waals surface area contributed by atoms with Crippen LogP contribution in [0.2, 0.25) is 0 Å². The molecule has 0 spiro atoms. The molecule has 7 nitrogen and oxygen atoms in total. The summed E-state index contributed by atoms with van der Waals surface area (Å²) >= 11 is 0. The number of hydrogen-bond acceptors (Lipinski definition) is 5. The highest BCUT2D eigenvalue weighted by Crippen LogP contribution is 2.39. The van der Waals surface area contributed by atoms with Gasteiger partial charge in [-0.3, -0.25) is 9.69 Å². The van der Waals surface area contributed by atoms with Gasteiger partial charge in [0.25, 0.3) is 0 Å². The van der Waals surface area contributed by atoms with Crippen molar-refractivity contribution in [3.05, 3.63) is 36.4 Å². The predicted molar refractivity (Wildman–Crippen MR) is 121 cm³/mol. The molecule has 0 aliphatic carbocycles. The predicted octanol–water partition coefficient (Wildman–Crippen LogP) is 3.21. The zero-order valence-electron chi connectivity index (χ0n) is 18.5. The molecule has 1 aliphatic rings. The van der Waals surface area contributed by atoms with Crippen LogP contribution in [0.15, 0.2) is 36.4 Å². The summed E-state index contributed by atoms with van der Waals surface area (Å²) in [7, 11) is 2.10. The van der Waals surface area contributed by atoms with Gasteiger partial charge >= 0.3 is 6.09 Å². The molecular weight excluding hydrogens is 380 g/mol. The highest BCUT2D eigenvalue weighted by Gasteiger charge is 2.33. The molecule has 2 aromatic carbocycles. The minimum atomic E-state index is -0.854. The third-order valence-corrected chi connectivity index (χ3v) is 5.35. The zero-order chi connectivity index (χ0) is 22.1. The van der Waals surface area contributed by atoms with E-state index in [1.54, 1.807) is 27.7 Å². The van der Waals surface area contributed by atoms with E-state index in [9.17, 15) is 9.59 Å². The number of nitrogens with two attached hydrogens (primary N) is 1. The summed E-state index contributed by atoms with van der Waals surface area (Å²) in [5, 5.41) is 2.11. The molecule has 3 rings (SSSR count). The van der Waals surface area contributed by atoms with Crippen molar-refractivity contribution in [3.8, 4) is 0 Å². The molecule has 2 N–H and O–H groups in total. The Morgan fingerprint density at radius 1 is 1.07 bits per heavy atom. The highest BCUT2D eigenvalue weighted by atomic mass is 16.6. The lowest BCUT2D eigenvalue weighted by atomic mass is 10.0. The standard InChI is InChI=1S/C23H32N4O3/c1-16(21(24)28)27(22(29)30-23(2,3)4)19-11-10-17-8-6-7-9-18(17)20(19)26-14-12-25(5)13-15-26/h6-11,16H,12-15H2,1-5H3,(H2,24,28). The number of rotatable bonds is 4. The van der Waals surface area contributed by atoms with Crippen LogP contribution in [0.3, 0.4) is 0 Å². The van der Waals surface area contributed by atoms with Crippen LogP contribution in [0.4, 0.5) is 16.2 Å². The second-order valence-corrected chi connectivity index (χ2v) is 8.87. The van der Waals surface area contributed by atoms with Crippen LogP contribution in [0, 0.1) is 0 Å². The SMILES string of the molecule is CC(C(N)=O)N(C(=O)OC(C)(C)C)c1ccc2ccccc2c1N1CCN(C)CC1. The first-order chi connectivity index (χ1) is 14.1. The first-order valence-corrected chi connectivity index (χ1v) is 10.4. The van der Waals surface area contributed by atoms with Crippen LogP contribution in [0.1, 0.15) is 27.7 Å². The highest BCUT2D eigenvalue weighted by molar-refractivity contribution is 6.07. The second kappa shape index (κ2) is 8.52. The molecule has 30 heavy (non-hydrogen) atoms. The van der Waals surface area contributed by atoms with Crippen molar-refractivity contribution in [2.45, 2.75) is 39.3 Å². The Labute approximate surface area is 178 Å². The minimum Gasteiger partial charge on any atom is -0.443 e. The molecule has 7 heteroatoms. The van der Waals surface area contributed by atoms with Gasteiger partial charge in [0.15, 0.2) is 0 Å². The fourth-order valence-corrected chi connectivity index (χ4v) is 3.70. The Morgan fingerprint density at radius 3 is 2.30 bits per heavy atom. The van der Waals surface area contributed by atoms with Crippen LogP contribution in [0.25, 0.3) is 10.8 Å². The lowest BCUT2D eigenvalue weighted by Crippen LogP contribution is -2.50. The first kappa shape index (κ1) is 21.9. The number of piperazine rings is 1. The number of carbonyl (C=O) groups is 2. The molecule has 1 aliphatic heterocycles. The third-order valence-electron chi connectivity index (χ3n) is 5.35. The zero-order valence-corrected chi connectivity index (χ0v) is 18.5. The maximum Gasteiger partial charge on any atom is 0.415 e. The Morgan fingerprint density at radius 2 is 1.70 bits per heavy atom. The van der Waals surface area contributed by atoms with Crippen LogP contribution in [-0.2, 0) is 9.53 Å². The molecule has 0 radical (unpaired) electrons. The maximum atomic E-state index is 13.2. The van der Waals surface area contributed by atoms with E-state index in [4.69, 9.17) is 10.5 Å². The molecule has 1 heterocycles. The summed E-state index contributed by atoms with van der Waals surface area (Å²) in [5.41, 5.74) is 6.50. The quantitative estimate of drug-likeness (QED) is 0.834. The third kappa shape index (κ3) is 4.67. The molecular formula is C23H32N4O3. The van der Waals surface area contributed by atoms with Crippen LogP contribution < -0.4 is 15.5 Å². The normalized spacial score (nSPS) is 16.4. The second-order valence-electron chi connectivity index (χ2n) is 8.87. The lowest BCUT2D eigenvalue weighted by Gasteiger charge is -2.38. The van der Waals surface area contributed by atoms with E-state index >= 15 is 0 Å². The maximum absolute atomic E-state index is 13.2. The van der Waals surface area contributed by atoms with Gasteiger partial charge in [0.2, 0.25) is 5.91 Å². The number of nitrogens with zero attached hydrogens (tertiary/aromatic N) is 3. The summed E-state index contributed by atoms with van der Waals surface area (Å²) in [4.78, 5) is 31.3. The van der Waals surface area contributed by atoms with Crippen LogP contribution >= 0.6 is 0 Å². The summed E-state index contributed by atoms with van der Waals surface area (Å²) in [6, 6.07) is 11.1. The van der Waals surface area contributed by atoms with Gasteiger partial charge in [-0.25, -0.2) is 4.79 Å². The van der Waals surface area contributed by atoms with Crippen molar-refractivity contribution >= 4 is 34.1 Å². The largest absolute Gasteiger partial charge is 0.443 e. The van der Waals surface area contributed by atoms with Gasteiger partial charge in [0.05, 0.1) is 11.4 Å². The summed E-state index contributed by atoms with van der Waals surface area (Å²) in [5.74, 6) is -0.585. The molecule has 162 valence electrons. The molecule has 2 amide bonds. The van der Waals surface area contributed by atoms with Crippen molar-refractivity contribution in [3.63, 3.8) is 0 Å². The fourth-order valence-electron chi connectivity index (χ4n) is 3.70. The monoisotopic (exact) mass is 412 g/mol. The van der Waals surface area contributed by atoms with Gasteiger partial charge < -0.3 is 20.3 Å². The molecule has 0 saturated carbocycles. The summed E-state index contributed by atoms with van der Waals surface area (Å²) < 4.78 is 5.65. The van der Waals surface area contributed by atoms with Gasteiger partial charge in [-0.05, 0) is 46.2 Å². The Balaban J connectivity index is 2.18. The van der Waals surface area contributed by atoms with Crippen molar-refractivity contribution in [2.75, 3.05) is 43.0 Å². The summed E-state index contributed by atoms with van der Waals surface area (Å²) in [6.07, 6.45) is -0.584. The fraction of sp³-hybridized carbons (Fsp3) is 0.478. The molecule has 0 aromatic heterocycles. The molecule has 2 aromatic rings. The molecule has 1 saturated heterocycles. The van der Waals surface area contributed by atoms with E-state index in [0.717, 1.165) is 42.6 Å². The number of fused-ring (bicyclic) bond motifs is 1. The smallest absolute Gasteiger partial charge is 0.415 e. The van der Waals surface area contributed by atoms with Crippen molar-refractivity contribution in [1.29, 1.82) is 0 Å². The number of ether oxygens (including phenoxy) is 1. The van der Waals surface area contributed by atoms with E-state index in [0.29, 0.717) is 5.69 Å². The average molecular weight is 413 g/mol. The number of likely N-dealkylation sites (N-methyl/N-ethyl adjacent to an activating group) is 1. The van der Waals surface area contributed by atoms with Gasteiger partial charge in [-0.15, -0.1) is 0 Å². The topological polar surface area (TPSA) is 79.1 Å². The van der Waals surface area contributed by atoms with E-state index in [1.807, 2.05) is 30.3 Å². The number of amides is 2. The summed E-state index contributed by atoms with van der Waals surface area (Å²) in [6.45, 7) is 10.5. The Bertz CT molecular complexity index is 930. The number of carbonyl (C=O) groups excluding carboxylic acids is 2. The number of anilines is 2. The molecule has 1 unspecified atom stereocenters. The number of hydrogen-bond donors (Lipinski definition) is 1. The lowest BCUT2D eigenvalue weighted by molar-refractivity contribution is -0.119. The van der Waals surface area contributed by atoms with Crippen molar-refractivity contribution in [2.24, 2.45) is 5.73 Å². The molecule has 1 fully saturated rings. The molecule has 0 bridgehead atoms. The van der Waals surface area contributed by atoms with Crippen molar-refractivity contribution < 1.29 is 14.3 Å². The van der Waals surface area contributed by atoms with E-state index in [2.05, 4.69) is 22.9 Å². The number of primary amides is 1. The first-order valence-electron chi connectivity index (χ1n) is 10.4. The van der Waals surface area contributed by atoms with E-state index < -0.39 is 23.6 Å². The Hall–Kier alpha value is -2.80. The Kier molecular flexibility index (Phi) is 6.22. The van der Waals surface area contributed by atoms with E-state index in [-0.39, 0.29) is 0 Å². The van der Waals surface area contributed by atoms with Gasteiger partial charge in [0.1, 0.15) is 11.6 Å². The van der Waals surface area contributed by atoms with Gasteiger partial charge in [0, 0.05) is 31.6 Å². The average Bonchev–Trinajstić information content (AvgIpc) is 2.67. The van der Waals surface area contributed by atoms with Gasteiger partial charge in [-0.2, -0.15) is 0 Å². The van der Waals surface area contributed by atoms with E-state index in [1.165, 1.54) is 4.90 Å². The minimum absolute atomic E-state index is 0.584. The van der Waals surface area contributed by atoms with Crippen molar-refractivity contribution in [1.82, 2.24) is 4.90 Å². The van der Waals surface area contributed by atoms with Crippen LogP contribution in [0.5, 0.6) is 0 Å². The number of benzene rings is 2. The van der Waals surface area contributed by atoms with Crippen LogP contribution in [-0.4, -0.2) is 61.8 Å². The van der Waals surface area contributed by atoms with Gasteiger partial charge in [-0.1, -0.05) is 30.3 Å².